The van der Waals surface area contributed by atoms with Crippen LogP contribution in [0.5, 0.6) is 5.75 Å². The van der Waals surface area contributed by atoms with Crippen LogP contribution in [-0.4, -0.2) is 28.5 Å². The van der Waals surface area contributed by atoms with Crippen LogP contribution in [0.4, 0.5) is 21.5 Å². The minimum absolute atomic E-state index is 0.0786. The Morgan fingerprint density at radius 3 is 2.33 bits per heavy atom. The van der Waals surface area contributed by atoms with Gasteiger partial charge in [0.25, 0.3) is 0 Å². The lowest BCUT2D eigenvalue weighted by Gasteiger charge is -2.42. The number of anilines is 3. The van der Waals surface area contributed by atoms with Crippen molar-refractivity contribution in [2.24, 2.45) is 17.8 Å². The quantitative estimate of drug-likeness (QED) is 0.199. The predicted molar refractivity (Wildman–Crippen MR) is 161 cm³/mol. The molecule has 4 atom stereocenters. The predicted octanol–water partition coefficient (Wildman–Crippen LogP) is 6.24. The summed E-state index contributed by atoms with van der Waals surface area (Å²) in [5.41, 5.74) is 3.29. The zero-order valence-electron chi connectivity index (χ0n) is 22.6. The van der Waals surface area contributed by atoms with Gasteiger partial charge in [0.2, 0.25) is 11.8 Å². The second-order valence-corrected chi connectivity index (χ2v) is 12.0. The topological polar surface area (TPSA) is 104 Å². The summed E-state index contributed by atoms with van der Waals surface area (Å²) in [6.07, 6.45) is 3.34. The van der Waals surface area contributed by atoms with E-state index in [0.29, 0.717) is 11.3 Å². The number of benzene rings is 3. The third-order valence-corrected chi connectivity index (χ3v) is 9.44. The number of para-hydroxylation sites is 2. The zero-order valence-corrected chi connectivity index (χ0v) is 24.2. The van der Waals surface area contributed by atoms with Crippen molar-refractivity contribution in [3.05, 3.63) is 118 Å². The fourth-order valence-corrected chi connectivity index (χ4v) is 7.41. The van der Waals surface area contributed by atoms with Crippen LogP contribution in [0.2, 0.25) is 0 Å². The number of hydrogen-bond donors (Lipinski definition) is 2. The van der Waals surface area contributed by atoms with Gasteiger partial charge in [-0.3, -0.25) is 24.1 Å². The molecular formula is C34H24BrFN2O5. The Labute approximate surface area is 254 Å². The summed E-state index contributed by atoms with van der Waals surface area (Å²) in [5, 5.41) is 14.0. The van der Waals surface area contributed by atoms with Gasteiger partial charge in [0.05, 0.1) is 22.0 Å². The van der Waals surface area contributed by atoms with Crippen LogP contribution < -0.4 is 10.2 Å². The Hall–Kier alpha value is -4.63. The molecule has 0 aromatic heterocycles. The molecule has 1 saturated heterocycles. The Balaban J connectivity index is 1.26. The first kappa shape index (κ1) is 27.2. The summed E-state index contributed by atoms with van der Waals surface area (Å²) in [7, 11) is 0. The lowest BCUT2D eigenvalue weighted by Crippen LogP contribution is -2.39. The van der Waals surface area contributed by atoms with E-state index in [9.17, 15) is 28.7 Å². The lowest BCUT2D eigenvalue weighted by molar-refractivity contribution is -0.123. The van der Waals surface area contributed by atoms with E-state index in [0.717, 1.165) is 17.4 Å². The number of halogens is 2. The van der Waals surface area contributed by atoms with E-state index in [1.807, 2.05) is 36.4 Å². The van der Waals surface area contributed by atoms with Crippen LogP contribution in [-0.2, 0) is 19.2 Å². The number of rotatable bonds is 4. The molecule has 0 saturated carbocycles. The number of nitrogens with zero attached hydrogens (tertiary/aromatic N) is 1. The number of Topliss-reactive ketones (excluding diaryl/α,β-unsaturated/α-hetero) is 1. The van der Waals surface area contributed by atoms with Crippen LogP contribution in [0.25, 0.3) is 0 Å². The minimum Gasteiger partial charge on any atom is -0.505 e. The highest BCUT2D eigenvalue weighted by molar-refractivity contribution is 9.12. The van der Waals surface area contributed by atoms with Crippen molar-refractivity contribution in [2.75, 3.05) is 10.2 Å². The van der Waals surface area contributed by atoms with Crippen LogP contribution in [0, 0.1) is 23.6 Å². The lowest BCUT2D eigenvalue weighted by atomic mass is 9.59. The highest BCUT2D eigenvalue weighted by Gasteiger charge is 2.57. The molecule has 3 aromatic carbocycles. The number of carbonyl (C=O) groups is 4. The number of ketones is 2. The molecule has 7 nitrogen and oxygen atoms in total. The first-order valence-corrected chi connectivity index (χ1v) is 14.7. The van der Waals surface area contributed by atoms with Crippen LogP contribution >= 0.6 is 15.9 Å². The standard InChI is InChI=1S/C34H24BrFN2O5/c35-25-16-27(39)30-24(31(25)40)15-23-20(28(30)21-7-4-8-26(36)32(21)41)13-14-22-29(23)34(43)38(33(22)42)19-11-9-18(10-12-19)37-17-5-2-1-3-6-17/h1-13,16,22-23,28-29,37,41H,14-15H2/t22-,23+,28+,29-/m0/s1. The number of aromatic hydroxyl groups is 1. The maximum absolute atomic E-state index is 14.6. The van der Waals surface area contributed by atoms with E-state index in [4.69, 9.17) is 0 Å². The largest absolute Gasteiger partial charge is 0.505 e. The highest BCUT2D eigenvalue weighted by Crippen LogP contribution is 2.56. The smallest absolute Gasteiger partial charge is 0.238 e. The minimum atomic E-state index is -0.931. The average molecular weight is 639 g/mol. The summed E-state index contributed by atoms with van der Waals surface area (Å²) >= 11 is 3.19. The number of phenols is 1. The van der Waals surface area contributed by atoms with Gasteiger partial charge in [0.1, 0.15) is 0 Å². The first-order valence-electron chi connectivity index (χ1n) is 13.9. The van der Waals surface area contributed by atoms with E-state index in [-0.39, 0.29) is 45.8 Å². The Morgan fingerprint density at radius 2 is 1.58 bits per heavy atom. The monoisotopic (exact) mass is 638 g/mol. The molecule has 0 radical (unpaired) electrons. The van der Waals surface area contributed by atoms with Gasteiger partial charge in [-0.25, -0.2) is 4.39 Å². The molecule has 214 valence electrons. The van der Waals surface area contributed by atoms with E-state index < -0.39 is 46.8 Å². The van der Waals surface area contributed by atoms with Crippen LogP contribution in [0.1, 0.15) is 24.3 Å². The molecule has 9 heteroatoms. The van der Waals surface area contributed by atoms with Gasteiger partial charge in [-0.05, 0) is 77.2 Å². The zero-order chi connectivity index (χ0) is 30.0. The van der Waals surface area contributed by atoms with Crippen molar-refractivity contribution in [3.8, 4) is 5.75 Å². The summed E-state index contributed by atoms with van der Waals surface area (Å²) in [6.45, 7) is 0. The molecule has 4 aliphatic rings. The van der Waals surface area contributed by atoms with Crippen molar-refractivity contribution in [1.82, 2.24) is 0 Å². The molecule has 0 bridgehead atoms. The maximum Gasteiger partial charge on any atom is 0.238 e. The van der Waals surface area contributed by atoms with Gasteiger partial charge in [-0.2, -0.15) is 0 Å². The molecule has 43 heavy (non-hydrogen) atoms. The Kier molecular flexibility index (Phi) is 6.50. The average Bonchev–Trinajstić information content (AvgIpc) is 3.27. The molecule has 0 spiro atoms. The summed E-state index contributed by atoms with van der Waals surface area (Å²) in [4.78, 5) is 55.7. The van der Waals surface area contributed by atoms with Crippen molar-refractivity contribution in [2.45, 2.75) is 18.8 Å². The molecule has 1 heterocycles. The molecular weight excluding hydrogens is 615 g/mol. The van der Waals surface area contributed by atoms with Gasteiger partial charge >= 0.3 is 0 Å². The number of nitrogens with one attached hydrogen (secondary N) is 1. The molecule has 0 unspecified atom stereocenters. The fraction of sp³-hybridized carbons (Fsp3) is 0.176. The second kappa shape index (κ2) is 10.3. The highest BCUT2D eigenvalue weighted by atomic mass is 79.9. The van der Waals surface area contributed by atoms with Crippen molar-refractivity contribution in [1.29, 1.82) is 0 Å². The summed E-state index contributed by atoms with van der Waals surface area (Å²) in [5.74, 6) is -5.96. The van der Waals surface area contributed by atoms with E-state index in [1.54, 1.807) is 24.3 Å². The van der Waals surface area contributed by atoms with Crippen LogP contribution in [0.3, 0.4) is 0 Å². The Bertz CT molecular complexity index is 1830. The molecule has 1 fully saturated rings. The van der Waals surface area contributed by atoms with Crippen molar-refractivity contribution >= 4 is 56.4 Å². The van der Waals surface area contributed by atoms with Gasteiger partial charge < -0.3 is 10.4 Å². The molecule has 3 aromatic rings. The van der Waals surface area contributed by atoms with E-state index in [1.165, 1.54) is 23.1 Å². The Morgan fingerprint density at radius 1 is 0.860 bits per heavy atom. The van der Waals surface area contributed by atoms with E-state index in [2.05, 4.69) is 21.2 Å². The third-order valence-electron chi connectivity index (χ3n) is 8.85. The van der Waals surface area contributed by atoms with Gasteiger partial charge in [-0.15, -0.1) is 0 Å². The van der Waals surface area contributed by atoms with E-state index >= 15 is 0 Å². The van der Waals surface area contributed by atoms with Crippen molar-refractivity contribution < 1.29 is 28.7 Å². The SMILES string of the molecule is O=C1C=C(Br)C(=O)C2=C1[C@@H](c1cccc(F)c1O)C1=CC[C@@H]3C(=O)N(c4ccc(Nc5ccccc5)cc4)C(=O)[C@@H]3[C@@H]1C2. The number of phenolic OH excluding ortho intramolecular Hbond substituents is 1. The number of amides is 2. The third kappa shape index (κ3) is 4.29. The molecule has 7 rings (SSSR count). The number of imide groups is 1. The molecule has 2 N–H and O–H groups in total. The normalized spacial score (nSPS) is 24.7. The molecule has 3 aliphatic carbocycles. The number of allylic oxidation sites excluding steroid dienone is 6. The summed E-state index contributed by atoms with van der Waals surface area (Å²) < 4.78 is 14.7. The van der Waals surface area contributed by atoms with Gasteiger partial charge in [0.15, 0.2) is 23.1 Å². The fourth-order valence-electron chi connectivity index (χ4n) is 6.96. The summed E-state index contributed by atoms with van der Waals surface area (Å²) in [6, 6.07) is 20.7. The van der Waals surface area contributed by atoms with Crippen molar-refractivity contribution in [3.63, 3.8) is 0 Å². The number of carbonyl (C=O) groups excluding carboxylic acids is 4. The first-order chi connectivity index (χ1) is 20.7. The number of hydrogen-bond acceptors (Lipinski definition) is 6. The maximum atomic E-state index is 14.6. The molecule has 1 aliphatic heterocycles. The second-order valence-electron chi connectivity index (χ2n) is 11.1. The number of fused-ring (bicyclic) bond motifs is 3. The van der Waals surface area contributed by atoms with Crippen LogP contribution in [0.15, 0.2) is 106 Å². The van der Waals surface area contributed by atoms with Gasteiger partial charge in [0, 0.05) is 40.1 Å². The molecule has 2 amide bonds. The van der Waals surface area contributed by atoms with Gasteiger partial charge in [-0.1, -0.05) is 42.0 Å².